The number of amides is 1. The molecule has 0 fully saturated rings. The van der Waals surface area contributed by atoms with E-state index in [2.05, 4.69) is 40.3 Å². The third-order valence-electron chi connectivity index (χ3n) is 6.65. The zero-order valence-corrected chi connectivity index (χ0v) is 20.1. The van der Waals surface area contributed by atoms with Crippen LogP contribution in [0.25, 0.3) is 22.0 Å². The molecule has 2 aliphatic rings. The molecule has 0 radical (unpaired) electrons. The second-order valence-corrected chi connectivity index (χ2v) is 8.93. The van der Waals surface area contributed by atoms with Gasteiger partial charge in [-0.1, -0.05) is 18.2 Å². The zero-order chi connectivity index (χ0) is 24.5. The third kappa shape index (κ3) is 4.17. The molecule has 0 unspecified atom stereocenters. The van der Waals surface area contributed by atoms with Gasteiger partial charge in [-0.05, 0) is 53.8 Å². The molecule has 0 atom stereocenters. The fourth-order valence-electron chi connectivity index (χ4n) is 4.86. The van der Waals surface area contributed by atoms with E-state index in [0.29, 0.717) is 30.9 Å². The summed E-state index contributed by atoms with van der Waals surface area (Å²) < 4.78 is 25.3. The Balaban J connectivity index is 1.23. The van der Waals surface area contributed by atoms with Gasteiger partial charge in [0.2, 0.25) is 18.4 Å². The van der Waals surface area contributed by atoms with Gasteiger partial charge in [0, 0.05) is 24.6 Å². The molecular formula is C29H27N2O5+. The average Bonchev–Trinajstić information content (AvgIpc) is 3.37. The maximum Gasteiger partial charge on any atom is 0.231 e. The predicted octanol–water partition coefficient (Wildman–Crippen LogP) is 4.89. The number of nitrogens with one attached hydrogen (secondary N) is 1. The number of carbonyl (C=O) groups excluding carboxylic acids is 1. The maximum absolute atomic E-state index is 12.3. The minimum atomic E-state index is -0.0289. The summed E-state index contributed by atoms with van der Waals surface area (Å²) in [5.41, 5.74) is 4.36. The van der Waals surface area contributed by atoms with Gasteiger partial charge in [0.25, 0.3) is 0 Å². The first kappa shape index (κ1) is 22.2. The lowest BCUT2D eigenvalue weighted by molar-refractivity contribution is -0.686. The van der Waals surface area contributed by atoms with Crippen LogP contribution in [0.15, 0.2) is 66.9 Å². The topological polar surface area (TPSA) is 69.9 Å². The highest BCUT2D eigenvalue weighted by atomic mass is 16.7. The zero-order valence-electron chi connectivity index (χ0n) is 20.1. The second kappa shape index (κ2) is 9.41. The standard InChI is InChI=1S/C29H26N2O5/c1-33-25-10-9-19-14-24-22-16-27-26(35-18-36-27)15-20(22)11-12-31(24)17-23(19)29(25)34-13-5-8-28(32)30-21-6-3-2-4-7-21/h2-4,6-7,9-10,14-17H,5,8,11-13,18H2,1H3/p+1. The predicted molar refractivity (Wildman–Crippen MR) is 136 cm³/mol. The summed E-state index contributed by atoms with van der Waals surface area (Å²) >= 11 is 0. The van der Waals surface area contributed by atoms with Crippen molar-refractivity contribution in [2.24, 2.45) is 0 Å². The van der Waals surface area contributed by atoms with Crippen molar-refractivity contribution in [3.8, 4) is 34.3 Å². The van der Waals surface area contributed by atoms with Gasteiger partial charge in [0.05, 0.1) is 24.7 Å². The van der Waals surface area contributed by atoms with E-state index in [1.165, 1.54) is 5.56 Å². The molecule has 182 valence electrons. The van der Waals surface area contributed by atoms with Crippen molar-refractivity contribution >= 4 is 22.4 Å². The number of nitrogens with zero attached hydrogens (tertiary/aromatic N) is 1. The normalized spacial score (nSPS) is 13.1. The van der Waals surface area contributed by atoms with Crippen molar-refractivity contribution in [2.75, 3.05) is 25.8 Å². The van der Waals surface area contributed by atoms with Gasteiger partial charge in [-0.25, -0.2) is 0 Å². The monoisotopic (exact) mass is 483 g/mol. The molecule has 1 N–H and O–H groups in total. The summed E-state index contributed by atoms with van der Waals surface area (Å²) in [6.45, 7) is 1.53. The van der Waals surface area contributed by atoms with E-state index < -0.39 is 0 Å². The van der Waals surface area contributed by atoms with Crippen LogP contribution in [-0.4, -0.2) is 26.4 Å². The van der Waals surface area contributed by atoms with E-state index >= 15 is 0 Å². The smallest absolute Gasteiger partial charge is 0.231 e. The van der Waals surface area contributed by atoms with Gasteiger partial charge in [-0.2, -0.15) is 4.57 Å². The number of para-hydroxylation sites is 1. The lowest BCUT2D eigenvalue weighted by Gasteiger charge is -2.18. The third-order valence-corrected chi connectivity index (χ3v) is 6.65. The molecule has 3 heterocycles. The number of hydrogen-bond acceptors (Lipinski definition) is 5. The molecule has 0 saturated heterocycles. The highest BCUT2D eigenvalue weighted by Gasteiger charge is 2.28. The van der Waals surface area contributed by atoms with Crippen LogP contribution in [-0.2, 0) is 17.8 Å². The summed E-state index contributed by atoms with van der Waals surface area (Å²) in [6, 6.07) is 19.8. The van der Waals surface area contributed by atoms with Crippen LogP contribution in [0.5, 0.6) is 23.0 Å². The van der Waals surface area contributed by atoms with Crippen LogP contribution in [0.3, 0.4) is 0 Å². The van der Waals surface area contributed by atoms with E-state index in [-0.39, 0.29) is 12.7 Å². The number of aromatic nitrogens is 1. The maximum atomic E-state index is 12.3. The van der Waals surface area contributed by atoms with Crippen molar-refractivity contribution in [1.29, 1.82) is 0 Å². The average molecular weight is 484 g/mol. The highest BCUT2D eigenvalue weighted by Crippen LogP contribution is 2.41. The van der Waals surface area contributed by atoms with Crippen LogP contribution in [0.1, 0.15) is 18.4 Å². The molecule has 7 heteroatoms. The Labute approximate surface area is 209 Å². The van der Waals surface area contributed by atoms with Crippen LogP contribution in [0.2, 0.25) is 0 Å². The molecule has 6 rings (SSSR count). The highest BCUT2D eigenvalue weighted by molar-refractivity contribution is 5.92. The number of carbonyl (C=O) groups is 1. The van der Waals surface area contributed by atoms with Crippen molar-refractivity contribution in [1.82, 2.24) is 0 Å². The van der Waals surface area contributed by atoms with Crippen molar-refractivity contribution in [3.63, 3.8) is 0 Å². The molecule has 0 bridgehead atoms. The number of aryl methyl sites for hydroxylation is 2. The number of pyridine rings is 1. The molecule has 36 heavy (non-hydrogen) atoms. The Bertz CT molecular complexity index is 1450. The fraction of sp³-hybridized carbons (Fsp3) is 0.241. The van der Waals surface area contributed by atoms with Gasteiger partial charge in [-0.3, -0.25) is 4.79 Å². The van der Waals surface area contributed by atoms with Gasteiger partial charge in [-0.15, -0.1) is 0 Å². The lowest BCUT2D eigenvalue weighted by Crippen LogP contribution is -2.40. The number of ether oxygens (including phenoxy) is 4. The number of fused-ring (bicyclic) bond motifs is 5. The second-order valence-electron chi connectivity index (χ2n) is 8.93. The van der Waals surface area contributed by atoms with Gasteiger partial charge in [0.1, 0.15) is 0 Å². The van der Waals surface area contributed by atoms with Crippen molar-refractivity contribution < 1.29 is 28.3 Å². The van der Waals surface area contributed by atoms with Gasteiger partial charge in [0.15, 0.2) is 35.7 Å². The lowest BCUT2D eigenvalue weighted by atomic mass is 9.95. The van der Waals surface area contributed by atoms with Gasteiger partial charge >= 0.3 is 0 Å². The number of methoxy groups -OCH3 is 1. The Hall–Kier alpha value is -4.26. The molecular weight excluding hydrogens is 456 g/mol. The van der Waals surface area contributed by atoms with E-state index in [1.54, 1.807) is 7.11 Å². The first-order chi connectivity index (χ1) is 17.7. The van der Waals surface area contributed by atoms with Crippen molar-refractivity contribution in [3.05, 3.63) is 72.4 Å². The first-order valence-electron chi connectivity index (χ1n) is 12.1. The summed E-state index contributed by atoms with van der Waals surface area (Å²) in [5.74, 6) is 2.96. The molecule has 4 aromatic rings. The Morgan fingerprint density at radius 2 is 1.89 bits per heavy atom. The van der Waals surface area contributed by atoms with E-state index in [9.17, 15) is 4.79 Å². The van der Waals surface area contributed by atoms with E-state index in [4.69, 9.17) is 18.9 Å². The van der Waals surface area contributed by atoms with Crippen LogP contribution < -0.4 is 28.8 Å². The first-order valence-corrected chi connectivity index (χ1v) is 12.1. The van der Waals surface area contributed by atoms with Crippen LogP contribution in [0.4, 0.5) is 5.69 Å². The van der Waals surface area contributed by atoms with Gasteiger partial charge < -0.3 is 24.3 Å². The SMILES string of the molecule is COc1ccc2cc3[n+](cc2c1OCCCC(=O)Nc1ccccc1)CCc1cc2c(cc1-3)OCO2. The minimum absolute atomic E-state index is 0.0289. The summed E-state index contributed by atoms with van der Waals surface area (Å²) in [7, 11) is 1.64. The minimum Gasteiger partial charge on any atom is -0.493 e. The Kier molecular flexibility index (Phi) is 5.81. The molecule has 1 aromatic heterocycles. The number of anilines is 1. The summed E-state index contributed by atoms with van der Waals surface area (Å²) in [5, 5.41) is 4.95. The largest absolute Gasteiger partial charge is 0.493 e. The number of hydrogen-bond donors (Lipinski definition) is 1. The van der Waals surface area contributed by atoms with Crippen molar-refractivity contribution in [2.45, 2.75) is 25.8 Å². The summed E-state index contributed by atoms with van der Waals surface area (Å²) in [6.07, 6.45) is 4.01. The number of rotatable bonds is 7. The molecule has 3 aromatic carbocycles. The molecule has 1 amide bonds. The van der Waals surface area contributed by atoms with E-state index in [1.807, 2.05) is 36.4 Å². The van der Waals surface area contributed by atoms with E-state index in [0.717, 1.165) is 52.2 Å². The van der Waals surface area contributed by atoms with Crippen LogP contribution >= 0.6 is 0 Å². The quantitative estimate of drug-likeness (QED) is 0.300. The van der Waals surface area contributed by atoms with Crippen LogP contribution in [0, 0.1) is 0 Å². The summed E-state index contributed by atoms with van der Waals surface area (Å²) in [4.78, 5) is 12.3. The number of benzene rings is 3. The molecule has 0 spiro atoms. The molecule has 0 aliphatic carbocycles. The molecule has 2 aliphatic heterocycles. The Morgan fingerprint density at radius 1 is 1.06 bits per heavy atom. The fourth-order valence-corrected chi connectivity index (χ4v) is 4.86. The molecule has 7 nitrogen and oxygen atoms in total. The Morgan fingerprint density at radius 3 is 2.72 bits per heavy atom. The molecule has 0 saturated carbocycles.